The van der Waals surface area contributed by atoms with Gasteiger partial charge in [-0.1, -0.05) is 30.3 Å². The van der Waals surface area contributed by atoms with Crippen molar-refractivity contribution in [2.75, 3.05) is 23.8 Å². The first-order chi connectivity index (χ1) is 13.6. The van der Waals surface area contributed by atoms with Crippen LogP contribution in [-0.2, 0) is 26.9 Å². The lowest BCUT2D eigenvalue weighted by molar-refractivity contribution is -0.116. The Hall–Kier alpha value is -2.51. The van der Waals surface area contributed by atoms with E-state index in [-0.39, 0.29) is 23.7 Å². The number of carbonyl (C=O) groups is 2. The number of anilines is 1. The van der Waals surface area contributed by atoms with E-state index in [1.165, 1.54) is 0 Å². The number of hydrogen-bond acceptors (Lipinski definition) is 4. The van der Waals surface area contributed by atoms with Crippen LogP contribution in [0.4, 0.5) is 5.69 Å². The van der Waals surface area contributed by atoms with E-state index in [4.69, 9.17) is 4.74 Å². The molecule has 146 valence electrons. The lowest BCUT2D eigenvalue weighted by Crippen LogP contribution is -2.39. The molecule has 1 fully saturated rings. The topological polar surface area (TPSA) is 75.7 Å². The van der Waals surface area contributed by atoms with E-state index >= 15 is 0 Å². The molecule has 0 radical (unpaired) electrons. The van der Waals surface area contributed by atoms with Gasteiger partial charge in [0.25, 0.3) is 5.91 Å². The second-order valence-corrected chi connectivity index (χ2v) is 8.40. The highest BCUT2D eigenvalue weighted by atomic mass is 32.2. The smallest absolute Gasteiger partial charge is 0.251 e. The van der Waals surface area contributed by atoms with Crippen LogP contribution in [0.1, 0.15) is 28.8 Å². The van der Waals surface area contributed by atoms with Crippen LogP contribution in [-0.4, -0.2) is 41.0 Å². The standard InChI is InChI=1S/C21H22N2O4S/c24-20-14-28(26)19-9-8-16(21(25)22-12-17-7-4-10-27-17)11-18(19)23(20)13-15-5-2-1-3-6-15/h1-3,5-6,8-9,11,17H,4,7,10,12-14H2,(H,22,25)/t17-,28+/m0/s1. The summed E-state index contributed by atoms with van der Waals surface area (Å²) in [7, 11) is -1.39. The van der Waals surface area contributed by atoms with Crippen LogP contribution in [0.3, 0.4) is 0 Å². The Kier molecular flexibility index (Phi) is 5.54. The van der Waals surface area contributed by atoms with E-state index in [2.05, 4.69) is 5.32 Å². The van der Waals surface area contributed by atoms with Crippen LogP contribution in [0.2, 0.25) is 0 Å². The minimum atomic E-state index is -1.39. The van der Waals surface area contributed by atoms with Crippen LogP contribution < -0.4 is 10.2 Å². The number of ether oxygens (including phenoxy) is 1. The highest BCUT2D eigenvalue weighted by Gasteiger charge is 2.30. The number of hydrogen-bond donors (Lipinski definition) is 1. The molecule has 2 atom stereocenters. The Morgan fingerprint density at radius 1 is 1.21 bits per heavy atom. The summed E-state index contributed by atoms with van der Waals surface area (Å²) in [6, 6.07) is 14.6. The summed E-state index contributed by atoms with van der Waals surface area (Å²) >= 11 is 0. The van der Waals surface area contributed by atoms with E-state index in [1.807, 2.05) is 30.3 Å². The van der Waals surface area contributed by atoms with Crippen LogP contribution in [0.5, 0.6) is 0 Å². The Morgan fingerprint density at radius 2 is 2.04 bits per heavy atom. The summed E-state index contributed by atoms with van der Waals surface area (Å²) < 4.78 is 18.0. The molecule has 2 aliphatic heterocycles. The molecule has 0 aliphatic carbocycles. The molecule has 2 aromatic carbocycles. The minimum Gasteiger partial charge on any atom is -0.376 e. The summed E-state index contributed by atoms with van der Waals surface area (Å²) in [6.07, 6.45) is 2.02. The van der Waals surface area contributed by atoms with Gasteiger partial charge in [0, 0.05) is 18.7 Å². The van der Waals surface area contributed by atoms with Crippen LogP contribution in [0.15, 0.2) is 53.4 Å². The van der Waals surface area contributed by atoms with E-state index < -0.39 is 10.8 Å². The highest BCUT2D eigenvalue weighted by Crippen LogP contribution is 2.31. The zero-order chi connectivity index (χ0) is 19.5. The van der Waals surface area contributed by atoms with Gasteiger partial charge < -0.3 is 15.0 Å². The number of nitrogens with one attached hydrogen (secondary N) is 1. The number of nitrogens with zero attached hydrogens (tertiary/aromatic N) is 1. The molecule has 4 rings (SSSR count). The average Bonchev–Trinajstić information content (AvgIpc) is 3.23. The molecular formula is C21H22N2O4S. The number of amides is 2. The predicted octanol–water partition coefficient (Wildman–Crippen LogP) is 2.25. The summed E-state index contributed by atoms with van der Waals surface area (Å²) in [5.41, 5.74) is 1.97. The number of carbonyl (C=O) groups excluding carboxylic acids is 2. The van der Waals surface area contributed by atoms with Gasteiger partial charge in [0.2, 0.25) is 5.91 Å². The largest absolute Gasteiger partial charge is 0.376 e. The highest BCUT2D eigenvalue weighted by molar-refractivity contribution is 7.86. The first-order valence-corrected chi connectivity index (χ1v) is 10.7. The van der Waals surface area contributed by atoms with Gasteiger partial charge in [-0.15, -0.1) is 0 Å². The average molecular weight is 398 g/mol. The van der Waals surface area contributed by atoms with Crippen LogP contribution in [0.25, 0.3) is 0 Å². The maximum absolute atomic E-state index is 12.6. The molecule has 0 aromatic heterocycles. The van der Waals surface area contributed by atoms with Gasteiger partial charge in [-0.05, 0) is 36.6 Å². The number of rotatable bonds is 5. The van der Waals surface area contributed by atoms with Gasteiger partial charge >= 0.3 is 0 Å². The van der Waals surface area contributed by atoms with Crippen molar-refractivity contribution in [2.45, 2.75) is 30.4 Å². The maximum atomic E-state index is 12.6. The van der Waals surface area contributed by atoms with Crippen LogP contribution >= 0.6 is 0 Å². The molecule has 28 heavy (non-hydrogen) atoms. The second kappa shape index (κ2) is 8.24. The quantitative estimate of drug-likeness (QED) is 0.838. The molecule has 2 aliphatic rings. The molecule has 7 heteroatoms. The van der Waals surface area contributed by atoms with Crippen molar-refractivity contribution in [3.8, 4) is 0 Å². The number of fused-ring (bicyclic) bond motifs is 1. The van der Waals surface area contributed by atoms with Crippen molar-refractivity contribution in [2.24, 2.45) is 0 Å². The fourth-order valence-corrected chi connectivity index (χ4v) is 4.68. The fraction of sp³-hybridized carbons (Fsp3) is 0.333. The molecule has 1 N–H and O–H groups in total. The summed E-state index contributed by atoms with van der Waals surface area (Å²) in [5.74, 6) is -0.460. The van der Waals surface area contributed by atoms with Crippen molar-refractivity contribution >= 4 is 28.3 Å². The molecule has 0 unspecified atom stereocenters. The first-order valence-electron chi connectivity index (χ1n) is 9.38. The predicted molar refractivity (Wildman–Crippen MR) is 107 cm³/mol. The van der Waals surface area contributed by atoms with Crippen molar-refractivity contribution in [3.05, 3.63) is 59.7 Å². The molecule has 2 amide bonds. The van der Waals surface area contributed by atoms with Crippen molar-refractivity contribution in [3.63, 3.8) is 0 Å². The maximum Gasteiger partial charge on any atom is 0.251 e. The van der Waals surface area contributed by atoms with E-state index in [0.717, 1.165) is 25.0 Å². The SMILES string of the molecule is O=C(NC[C@@H]1CCCO1)c1ccc2c(c1)N(Cc1ccccc1)C(=O)C[S@]2=O. The molecule has 6 nitrogen and oxygen atoms in total. The van der Waals surface area contributed by atoms with Gasteiger partial charge in [0.1, 0.15) is 5.75 Å². The first kappa shape index (κ1) is 18.8. The minimum absolute atomic E-state index is 0.0373. The zero-order valence-electron chi connectivity index (χ0n) is 15.4. The lowest BCUT2D eigenvalue weighted by atomic mass is 10.1. The fourth-order valence-electron chi connectivity index (χ4n) is 3.52. The lowest BCUT2D eigenvalue weighted by Gasteiger charge is -2.29. The second-order valence-electron chi connectivity index (χ2n) is 6.98. The normalized spacial score (nSPS) is 21.4. The van der Waals surface area contributed by atoms with E-state index in [0.29, 0.717) is 29.2 Å². The summed E-state index contributed by atoms with van der Waals surface area (Å²) in [5, 5.41) is 2.89. The molecule has 0 saturated carbocycles. The molecule has 0 spiro atoms. The molecule has 2 aromatic rings. The molecule has 0 bridgehead atoms. The summed E-state index contributed by atoms with van der Waals surface area (Å²) in [6.45, 7) is 1.58. The van der Waals surface area contributed by atoms with Gasteiger partial charge in [-0.3, -0.25) is 13.8 Å². The monoisotopic (exact) mass is 398 g/mol. The molecule has 1 saturated heterocycles. The third-order valence-corrected chi connectivity index (χ3v) is 6.36. The van der Waals surface area contributed by atoms with Gasteiger partial charge in [0.15, 0.2) is 0 Å². The van der Waals surface area contributed by atoms with Crippen molar-refractivity contribution < 1.29 is 18.5 Å². The number of benzene rings is 2. The molecule has 2 heterocycles. The zero-order valence-corrected chi connectivity index (χ0v) is 16.2. The Bertz CT molecular complexity index is 910. The van der Waals surface area contributed by atoms with Gasteiger partial charge in [-0.2, -0.15) is 0 Å². The summed E-state index contributed by atoms with van der Waals surface area (Å²) in [4.78, 5) is 27.3. The third kappa shape index (κ3) is 4.00. The Balaban J connectivity index is 1.57. The Labute approximate surface area is 166 Å². The van der Waals surface area contributed by atoms with E-state index in [1.54, 1.807) is 23.1 Å². The van der Waals surface area contributed by atoms with Gasteiger partial charge in [0.05, 0.1) is 34.0 Å². The van der Waals surface area contributed by atoms with Crippen LogP contribution in [0, 0.1) is 0 Å². The van der Waals surface area contributed by atoms with E-state index in [9.17, 15) is 13.8 Å². The van der Waals surface area contributed by atoms with Gasteiger partial charge in [-0.25, -0.2) is 0 Å². The molecular weight excluding hydrogens is 376 g/mol. The van der Waals surface area contributed by atoms with Crippen molar-refractivity contribution in [1.82, 2.24) is 5.32 Å². The van der Waals surface area contributed by atoms with Crippen molar-refractivity contribution in [1.29, 1.82) is 0 Å². The third-order valence-electron chi connectivity index (χ3n) is 5.01. The Morgan fingerprint density at radius 3 is 2.79 bits per heavy atom.